The molecule has 1 N–H and O–H groups in total. The number of hydrogen-bond acceptors (Lipinski definition) is 3. The van der Waals surface area contributed by atoms with Gasteiger partial charge in [0.05, 0.1) is 11.6 Å². The highest BCUT2D eigenvalue weighted by atomic mass is 16.3. The van der Waals surface area contributed by atoms with Crippen LogP contribution in [0, 0.1) is 11.3 Å². The lowest BCUT2D eigenvalue weighted by atomic mass is 10.1. The number of nitrogens with zero attached hydrogens (tertiary/aromatic N) is 2. The first kappa shape index (κ1) is 11.9. The lowest BCUT2D eigenvalue weighted by molar-refractivity contribution is 0.263. The monoisotopic (exact) mass is 180 g/mol. The van der Waals surface area contributed by atoms with E-state index in [2.05, 4.69) is 0 Å². The van der Waals surface area contributed by atoms with Crippen molar-refractivity contribution in [3.8, 4) is 6.07 Å². The van der Waals surface area contributed by atoms with Crippen LogP contribution in [0.25, 0.3) is 0 Å². The summed E-state index contributed by atoms with van der Waals surface area (Å²) in [6, 6.07) is 1.98. The molecular weight excluding hydrogens is 164 g/mol. The average molecular weight is 180 g/mol. The van der Waals surface area contributed by atoms with Gasteiger partial charge in [-0.05, 0) is 21.0 Å². The van der Waals surface area contributed by atoms with Gasteiger partial charge in [0, 0.05) is 6.54 Å². The summed E-state index contributed by atoms with van der Waals surface area (Å²) in [5.74, 6) is 0. The third-order valence-corrected chi connectivity index (χ3v) is 1.50. The van der Waals surface area contributed by atoms with Crippen molar-refractivity contribution < 1.29 is 5.11 Å². The highest BCUT2D eigenvalue weighted by Crippen LogP contribution is 2.02. The molecule has 0 heterocycles. The van der Waals surface area contributed by atoms with Crippen LogP contribution in [0.15, 0.2) is 23.8 Å². The van der Waals surface area contributed by atoms with Crippen LogP contribution in [0.1, 0.15) is 6.92 Å². The smallest absolute Gasteiger partial charge is 0.107 e. The van der Waals surface area contributed by atoms with Gasteiger partial charge in [-0.3, -0.25) is 0 Å². The molecule has 0 rings (SSSR count). The molecule has 0 amide bonds. The van der Waals surface area contributed by atoms with Gasteiger partial charge in [0.1, 0.15) is 6.10 Å². The molecule has 0 aromatic heterocycles. The van der Waals surface area contributed by atoms with Crippen molar-refractivity contribution in [2.45, 2.75) is 13.0 Å². The van der Waals surface area contributed by atoms with Crippen molar-refractivity contribution >= 4 is 0 Å². The van der Waals surface area contributed by atoms with E-state index in [4.69, 9.17) is 5.26 Å². The maximum absolute atomic E-state index is 9.43. The van der Waals surface area contributed by atoms with Gasteiger partial charge in [0.2, 0.25) is 0 Å². The van der Waals surface area contributed by atoms with E-state index in [0.29, 0.717) is 12.1 Å². The molecule has 0 spiro atoms. The minimum Gasteiger partial charge on any atom is -0.384 e. The van der Waals surface area contributed by atoms with E-state index in [1.807, 2.05) is 32.0 Å². The number of rotatable bonds is 4. The molecular formula is C10H16N2O. The molecule has 0 bridgehead atoms. The topological polar surface area (TPSA) is 47.3 Å². The van der Waals surface area contributed by atoms with E-state index in [1.54, 1.807) is 18.2 Å². The van der Waals surface area contributed by atoms with Crippen molar-refractivity contribution in [3.63, 3.8) is 0 Å². The molecule has 0 aromatic rings. The predicted molar refractivity (Wildman–Crippen MR) is 53.1 cm³/mol. The molecule has 0 aliphatic rings. The van der Waals surface area contributed by atoms with Crippen molar-refractivity contribution in [2.75, 3.05) is 20.6 Å². The third-order valence-electron chi connectivity index (χ3n) is 1.50. The number of allylic oxidation sites excluding steroid dienone is 1. The summed E-state index contributed by atoms with van der Waals surface area (Å²) in [6.45, 7) is 2.47. The zero-order valence-electron chi connectivity index (χ0n) is 8.36. The first-order valence-corrected chi connectivity index (χ1v) is 4.17. The first-order chi connectivity index (χ1) is 6.11. The number of likely N-dealkylation sites (N-methyl/N-ethyl adjacent to an activating group) is 1. The minimum atomic E-state index is -0.769. The summed E-state index contributed by atoms with van der Waals surface area (Å²) < 4.78 is 0. The van der Waals surface area contributed by atoms with Crippen LogP contribution in [0.4, 0.5) is 0 Å². The molecule has 0 saturated carbocycles. The molecule has 72 valence electrons. The molecule has 0 aliphatic carbocycles. The quantitative estimate of drug-likeness (QED) is 0.517. The Bertz CT molecular complexity index is 236. The SMILES string of the molecule is C/C=C/C(O)/C(C#N)=C/CN(C)C. The number of aliphatic hydroxyl groups excluding tert-OH is 1. The highest BCUT2D eigenvalue weighted by molar-refractivity contribution is 5.29. The summed E-state index contributed by atoms with van der Waals surface area (Å²) in [4.78, 5) is 1.93. The largest absolute Gasteiger partial charge is 0.384 e. The molecule has 0 saturated heterocycles. The van der Waals surface area contributed by atoms with E-state index in [1.165, 1.54) is 0 Å². The second kappa shape index (κ2) is 6.41. The minimum absolute atomic E-state index is 0.395. The Kier molecular flexibility index (Phi) is 5.86. The standard InChI is InChI=1S/C10H16N2O/c1-4-5-10(13)9(8-11)6-7-12(2)3/h4-6,10,13H,7H2,1-3H3/b5-4+,9-6+. The average Bonchev–Trinajstić information content (AvgIpc) is 2.05. The molecule has 0 aromatic carbocycles. The van der Waals surface area contributed by atoms with E-state index in [-0.39, 0.29) is 0 Å². The fourth-order valence-corrected chi connectivity index (χ4v) is 0.799. The molecule has 3 nitrogen and oxygen atoms in total. The van der Waals surface area contributed by atoms with E-state index >= 15 is 0 Å². The summed E-state index contributed by atoms with van der Waals surface area (Å²) in [5.41, 5.74) is 0.395. The van der Waals surface area contributed by atoms with Gasteiger partial charge in [-0.2, -0.15) is 5.26 Å². The lowest BCUT2D eigenvalue weighted by Crippen LogP contribution is -2.13. The maximum Gasteiger partial charge on any atom is 0.107 e. The van der Waals surface area contributed by atoms with Crippen molar-refractivity contribution in [3.05, 3.63) is 23.8 Å². The van der Waals surface area contributed by atoms with Gasteiger partial charge in [0.25, 0.3) is 0 Å². The Hall–Kier alpha value is -1.11. The zero-order chi connectivity index (χ0) is 10.3. The van der Waals surface area contributed by atoms with E-state index < -0.39 is 6.10 Å². The maximum atomic E-state index is 9.43. The number of aliphatic hydroxyl groups is 1. The second-order valence-corrected chi connectivity index (χ2v) is 3.00. The summed E-state index contributed by atoms with van der Waals surface area (Å²) >= 11 is 0. The molecule has 1 unspecified atom stereocenters. The van der Waals surface area contributed by atoms with Crippen LogP contribution in [-0.4, -0.2) is 36.8 Å². The molecule has 0 fully saturated rings. The zero-order valence-corrected chi connectivity index (χ0v) is 8.36. The number of nitriles is 1. The van der Waals surface area contributed by atoms with Crippen LogP contribution in [-0.2, 0) is 0 Å². The normalized spacial score (nSPS) is 14.9. The van der Waals surface area contributed by atoms with Crippen LogP contribution < -0.4 is 0 Å². The Morgan fingerprint density at radius 1 is 1.62 bits per heavy atom. The summed E-state index contributed by atoms with van der Waals surface area (Å²) in [6.07, 6.45) is 4.27. The second-order valence-electron chi connectivity index (χ2n) is 3.00. The van der Waals surface area contributed by atoms with Gasteiger partial charge >= 0.3 is 0 Å². The fourth-order valence-electron chi connectivity index (χ4n) is 0.799. The van der Waals surface area contributed by atoms with Crippen LogP contribution in [0.2, 0.25) is 0 Å². The molecule has 0 aliphatic heterocycles. The van der Waals surface area contributed by atoms with Gasteiger partial charge < -0.3 is 10.0 Å². The van der Waals surface area contributed by atoms with Gasteiger partial charge in [-0.1, -0.05) is 18.2 Å². The van der Waals surface area contributed by atoms with Crippen molar-refractivity contribution in [2.24, 2.45) is 0 Å². The molecule has 13 heavy (non-hydrogen) atoms. The Morgan fingerprint density at radius 2 is 2.23 bits per heavy atom. The molecule has 3 heteroatoms. The predicted octanol–water partition coefficient (Wildman–Crippen LogP) is 0.935. The van der Waals surface area contributed by atoms with E-state index in [9.17, 15) is 5.11 Å². The lowest BCUT2D eigenvalue weighted by Gasteiger charge is -2.07. The number of hydrogen-bond donors (Lipinski definition) is 1. The van der Waals surface area contributed by atoms with Crippen LogP contribution in [0.5, 0.6) is 0 Å². The highest BCUT2D eigenvalue weighted by Gasteiger charge is 2.04. The van der Waals surface area contributed by atoms with E-state index in [0.717, 1.165) is 0 Å². The van der Waals surface area contributed by atoms with Crippen molar-refractivity contribution in [1.82, 2.24) is 4.90 Å². The van der Waals surface area contributed by atoms with Crippen molar-refractivity contribution in [1.29, 1.82) is 5.26 Å². The third kappa shape index (κ3) is 5.18. The Morgan fingerprint density at radius 3 is 2.62 bits per heavy atom. The Labute approximate surface area is 79.6 Å². The van der Waals surface area contributed by atoms with Gasteiger partial charge in [-0.15, -0.1) is 0 Å². The van der Waals surface area contributed by atoms with Crippen LogP contribution in [0.3, 0.4) is 0 Å². The fraction of sp³-hybridized carbons (Fsp3) is 0.500. The van der Waals surface area contributed by atoms with Crippen LogP contribution >= 0.6 is 0 Å². The van der Waals surface area contributed by atoms with Gasteiger partial charge in [0.15, 0.2) is 0 Å². The summed E-state index contributed by atoms with van der Waals surface area (Å²) in [5, 5.41) is 18.1. The first-order valence-electron chi connectivity index (χ1n) is 4.17. The Balaban J connectivity index is 4.34. The summed E-state index contributed by atoms with van der Waals surface area (Å²) in [7, 11) is 3.82. The molecule has 1 atom stereocenters. The van der Waals surface area contributed by atoms with Gasteiger partial charge in [-0.25, -0.2) is 0 Å². The molecule has 0 radical (unpaired) electrons.